The summed E-state index contributed by atoms with van der Waals surface area (Å²) in [5, 5.41) is 10.7. The second-order valence-corrected chi connectivity index (χ2v) is 8.81. The topological polar surface area (TPSA) is 135 Å². The summed E-state index contributed by atoms with van der Waals surface area (Å²) in [6, 6.07) is 8.87. The molecule has 182 valence electrons. The summed E-state index contributed by atoms with van der Waals surface area (Å²) in [6.07, 6.45) is -3.75. The van der Waals surface area contributed by atoms with Crippen LogP contribution >= 0.6 is 7.60 Å². The van der Waals surface area contributed by atoms with Gasteiger partial charge in [-0.1, -0.05) is 24.1 Å². The van der Waals surface area contributed by atoms with E-state index >= 15 is 0 Å². The number of aliphatic hydroxyl groups is 1. The van der Waals surface area contributed by atoms with Gasteiger partial charge >= 0.3 is 13.3 Å². The van der Waals surface area contributed by atoms with Gasteiger partial charge in [0, 0.05) is 30.6 Å². The second-order valence-electron chi connectivity index (χ2n) is 7.08. The molecule has 0 saturated carbocycles. The van der Waals surface area contributed by atoms with E-state index in [-0.39, 0.29) is 18.8 Å². The average Bonchev–Trinajstić information content (AvgIpc) is 3.13. The highest BCUT2D eigenvalue weighted by atomic mass is 31.2. The molecule has 1 aromatic carbocycles. The molecule has 4 atom stereocenters. The van der Waals surface area contributed by atoms with Crippen molar-refractivity contribution in [1.29, 1.82) is 0 Å². The number of rotatable bonds is 7. The molecule has 1 aliphatic heterocycles. The van der Waals surface area contributed by atoms with Crippen LogP contribution in [0, 0.1) is 11.6 Å². The highest BCUT2D eigenvalue weighted by Gasteiger charge is 2.45. The molecule has 2 heterocycles. The lowest BCUT2D eigenvalue weighted by Gasteiger charge is -2.20. The van der Waals surface area contributed by atoms with Crippen molar-refractivity contribution in [1.82, 2.24) is 9.13 Å². The van der Waals surface area contributed by atoms with Gasteiger partial charge in [0.15, 0.2) is 6.23 Å². The van der Waals surface area contributed by atoms with Crippen molar-refractivity contribution in [2.24, 2.45) is 0 Å². The van der Waals surface area contributed by atoms with Crippen LogP contribution in [0.25, 0.3) is 0 Å². The van der Waals surface area contributed by atoms with Crippen LogP contribution in [0.15, 0.2) is 52.2 Å². The zero-order chi connectivity index (χ0) is 24.9. The van der Waals surface area contributed by atoms with Gasteiger partial charge in [0.1, 0.15) is 18.3 Å². The first-order valence-corrected chi connectivity index (χ1v) is 12.0. The van der Waals surface area contributed by atoms with E-state index in [1.807, 2.05) is 0 Å². The fourth-order valence-corrected chi connectivity index (χ4v) is 4.58. The molecule has 12 heteroatoms. The van der Waals surface area contributed by atoms with Gasteiger partial charge < -0.3 is 14.6 Å². The molecule has 0 aliphatic carbocycles. The molecule has 0 bridgehead atoms. The van der Waals surface area contributed by atoms with E-state index in [0.29, 0.717) is 4.57 Å². The zero-order valence-electron chi connectivity index (χ0n) is 18.8. The van der Waals surface area contributed by atoms with Crippen LogP contribution in [0.3, 0.4) is 0 Å². The van der Waals surface area contributed by atoms with Gasteiger partial charge in [0.2, 0.25) is 0 Å². The molecule has 1 N–H and O–H groups in total. The van der Waals surface area contributed by atoms with Crippen molar-refractivity contribution < 1.29 is 33.0 Å². The van der Waals surface area contributed by atoms with Gasteiger partial charge in [0.05, 0.1) is 13.2 Å². The quantitative estimate of drug-likeness (QED) is 0.447. The second kappa shape index (κ2) is 11.1. The maximum Gasteiger partial charge on any atom is 0.405 e. The number of methoxy groups -OCH3 is 1. The predicted molar refractivity (Wildman–Crippen MR) is 120 cm³/mol. The van der Waals surface area contributed by atoms with Gasteiger partial charge in [-0.25, -0.2) is 9.36 Å². The molecule has 1 aliphatic rings. The van der Waals surface area contributed by atoms with Crippen LogP contribution in [0.2, 0.25) is 0 Å². The van der Waals surface area contributed by atoms with Crippen LogP contribution in [0.1, 0.15) is 30.4 Å². The van der Waals surface area contributed by atoms with E-state index in [2.05, 4.69) is 11.6 Å². The predicted octanol–water partition coefficient (Wildman–Crippen LogP) is 1.20. The Balaban J connectivity index is 1.98. The number of benzene rings is 1. The lowest BCUT2D eigenvalue weighted by atomic mass is 10.1. The molecular formula is C22H25N2O9P. The van der Waals surface area contributed by atoms with E-state index < -0.39 is 49.3 Å². The fraction of sp³-hybridized carbons (Fsp3) is 0.409. The lowest BCUT2D eigenvalue weighted by Crippen LogP contribution is -2.46. The SMILES string of the molecule is CCOP(=O)(C#CC1OC(n2ccc(=O)n(C(=O)c3ccccc3)c2=O)C(OC)C1O)OCC. The summed E-state index contributed by atoms with van der Waals surface area (Å²) in [4.78, 5) is 38.3. The maximum absolute atomic E-state index is 13.1. The molecule has 0 radical (unpaired) electrons. The van der Waals surface area contributed by atoms with Crippen LogP contribution in [0.4, 0.5) is 0 Å². The van der Waals surface area contributed by atoms with Crippen molar-refractivity contribution >= 4 is 13.5 Å². The van der Waals surface area contributed by atoms with Crippen molar-refractivity contribution in [3.8, 4) is 11.6 Å². The van der Waals surface area contributed by atoms with Crippen molar-refractivity contribution in [2.45, 2.75) is 38.4 Å². The zero-order valence-corrected chi connectivity index (χ0v) is 19.7. The van der Waals surface area contributed by atoms with Crippen LogP contribution in [-0.2, 0) is 23.1 Å². The van der Waals surface area contributed by atoms with Gasteiger partial charge in [-0.05, 0) is 26.0 Å². The van der Waals surface area contributed by atoms with E-state index in [1.54, 1.807) is 32.0 Å². The van der Waals surface area contributed by atoms with Crippen LogP contribution in [-0.4, -0.2) is 58.8 Å². The molecule has 1 aromatic heterocycles. The first kappa shape index (κ1) is 25.8. The largest absolute Gasteiger partial charge is 0.405 e. The number of nitrogens with zero attached hydrogens (tertiary/aromatic N) is 2. The van der Waals surface area contributed by atoms with Gasteiger partial charge in [-0.15, -0.1) is 0 Å². The highest BCUT2D eigenvalue weighted by molar-refractivity contribution is 7.59. The Labute approximate surface area is 195 Å². The Hall–Kier alpha value is -2.84. The Morgan fingerprint density at radius 1 is 1.15 bits per heavy atom. The van der Waals surface area contributed by atoms with Crippen molar-refractivity contribution in [3.63, 3.8) is 0 Å². The third kappa shape index (κ3) is 5.28. The molecule has 2 aromatic rings. The molecule has 1 saturated heterocycles. The number of hydrogen-bond donors (Lipinski definition) is 1. The molecule has 11 nitrogen and oxygen atoms in total. The maximum atomic E-state index is 13.1. The smallest absolute Gasteiger partial charge is 0.386 e. The number of aromatic nitrogens is 2. The number of hydrogen-bond acceptors (Lipinski definition) is 9. The third-order valence-electron chi connectivity index (χ3n) is 4.94. The average molecular weight is 492 g/mol. The van der Waals surface area contributed by atoms with Gasteiger partial charge in [-0.2, -0.15) is 4.57 Å². The molecule has 3 rings (SSSR count). The highest BCUT2D eigenvalue weighted by Crippen LogP contribution is 2.47. The minimum atomic E-state index is -3.74. The molecule has 4 unspecified atom stereocenters. The van der Waals surface area contributed by atoms with Crippen molar-refractivity contribution in [3.05, 3.63) is 69.0 Å². The Kier molecular flexibility index (Phi) is 8.38. The minimum absolute atomic E-state index is 0.0930. The summed E-state index contributed by atoms with van der Waals surface area (Å²) >= 11 is 0. The number of carbonyl (C=O) groups excluding carboxylic acids is 1. The monoisotopic (exact) mass is 492 g/mol. The van der Waals surface area contributed by atoms with Crippen LogP contribution in [0.5, 0.6) is 0 Å². The van der Waals surface area contributed by atoms with E-state index in [9.17, 15) is 24.1 Å². The molecular weight excluding hydrogens is 467 g/mol. The molecule has 0 spiro atoms. The normalized spacial score (nSPS) is 22.2. The molecule has 0 amide bonds. The summed E-state index contributed by atoms with van der Waals surface area (Å²) < 4.78 is 35.3. The Bertz CT molecular complexity index is 1230. The molecule has 1 fully saturated rings. The third-order valence-corrected chi connectivity index (χ3v) is 6.54. The number of carbonyl (C=O) groups is 1. The standard InChI is InChI=1S/C22H25N2O9P/c1-4-31-34(29,32-5-2)14-12-16-18(26)19(30-3)21(33-16)23-13-11-17(25)24(22(23)28)20(27)15-9-7-6-8-10-15/h6-11,13,16,18-19,21,26H,4-5H2,1-3H3. The first-order chi connectivity index (χ1) is 16.3. The summed E-state index contributed by atoms with van der Waals surface area (Å²) in [5.74, 6) is 1.72. The Morgan fingerprint density at radius 3 is 2.38 bits per heavy atom. The van der Waals surface area contributed by atoms with Crippen molar-refractivity contribution in [2.75, 3.05) is 20.3 Å². The summed E-state index contributed by atoms with van der Waals surface area (Å²) in [7, 11) is -2.45. The Morgan fingerprint density at radius 2 is 1.79 bits per heavy atom. The minimum Gasteiger partial charge on any atom is -0.386 e. The number of aliphatic hydroxyl groups excluding tert-OH is 1. The van der Waals surface area contributed by atoms with Crippen LogP contribution < -0.4 is 11.2 Å². The fourth-order valence-electron chi connectivity index (χ4n) is 3.42. The first-order valence-electron chi connectivity index (χ1n) is 10.5. The van der Waals surface area contributed by atoms with E-state index in [4.69, 9.17) is 18.5 Å². The summed E-state index contributed by atoms with van der Waals surface area (Å²) in [5.41, 5.74) is 0.717. The van der Waals surface area contributed by atoms with E-state index in [0.717, 1.165) is 16.8 Å². The van der Waals surface area contributed by atoms with Gasteiger partial charge in [-0.3, -0.25) is 23.2 Å². The number of ether oxygens (including phenoxy) is 2. The molecule has 34 heavy (non-hydrogen) atoms. The lowest BCUT2D eigenvalue weighted by molar-refractivity contribution is -0.0489. The summed E-state index contributed by atoms with van der Waals surface area (Å²) in [6.45, 7) is 3.44. The van der Waals surface area contributed by atoms with E-state index in [1.165, 1.54) is 19.2 Å². The van der Waals surface area contributed by atoms with Gasteiger partial charge in [0.25, 0.3) is 11.5 Å².